The third-order valence-electron chi connectivity index (χ3n) is 7.61. The Balaban J connectivity index is 1.79. The number of hydrogen-bond acceptors (Lipinski definition) is 7. The molecule has 0 aliphatic heterocycles. The van der Waals surface area contributed by atoms with Crippen LogP contribution in [0.4, 0.5) is 32.4 Å². The Morgan fingerprint density at radius 1 is 1.18 bits per heavy atom. The van der Waals surface area contributed by atoms with Gasteiger partial charge in [-0.1, -0.05) is 50.6 Å². The van der Waals surface area contributed by atoms with Gasteiger partial charge in [0.1, 0.15) is 19.1 Å². The Hall–Kier alpha value is -5.06. The lowest BCUT2D eigenvalue weighted by atomic mass is 9.92. The number of hydrogen-bond donors (Lipinski definition) is 2. The molecule has 1 aromatic heterocycles. The number of anilines is 1. The van der Waals surface area contributed by atoms with Gasteiger partial charge in [-0.15, -0.1) is 0 Å². The maximum Gasteiger partial charge on any atom is 0.407 e. The van der Waals surface area contributed by atoms with E-state index in [1.165, 1.54) is 48.7 Å². The van der Waals surface area contributed by atoms with E-state index in [0.717, 1.165) is 17.4 Å². The minimum absolute atomic E-state index is 0.0618. The lowest BCUT2D eigenvalue weighted by Gasteiger charge is -2.32. The van der Waals surface area contributed by atoms with Gasteiger partial charge in [-0.2, -0.15) is 27.8 Å². The zero-order chi connectivity index (χ0) is 37.5. The van der Waals surface area contributed by atoms with Crippen molar-refractivity contribution in [2.24, 2.45) is 26.2 Å². The number of carbonyl (C=O) groups is 2. The molecule has 51 heavy (non-hydrogen) atoms. The Morgan fingerprint density at radius 2 is 1.86 bits per heavy atom. The van der Waals surface area contributed by atoms with E-state index in [0.29, 0.717) is 22.2 Å². The van der Waals surface area contributed by atoms with Crippen molar-refractivity contribution >= 4 is 48.3 Å². The van der Waals surface area contributed by atoms with Crippen molar-refractivity contribution in [3.63, 3.8) is 0 Å². The third kappa shape index (κ3) is 10.5. The number of amides is 2. The van der Waals surface area contributed by atoms with E-state index in [1.54, 1.807) is 0 Å². The smallest absolute Gasteiger partial charge is 0.407 e. The van der Waals surface area contributed by atoms with Crippen LogP contribution in [0.2, 0.25) is 5.02 Å². The number of nitrogens with two attached hydrogens (primary N) is 1. The van der Waals surface area contributed by atoms with E-state index in [-0.39, 0.29) is 51.2 Å². The van der Waals surface area contributed by atoms with Crippen molar-refractivity contribution in [1.29, 1.82) is 0 Å². The number of halogens is 6. The molecule has 0 radical (unpaired) electrons. The molecular weight excluding hydrogens is 701 g/mol. The van der Waals surface area contributed by atoms with Crippen LogP contribution in [0.25, 0.3) is 11.1 Å². The zero-order valence-corrected chi connectivity index (χ0v) is 28.7. The molecule has 0 spiro atoms. The van der Waals surface area contributed by atoms with Crippen molar-refractivity contribution in [1.82, 2.24) is 20.0 Å². The van der Waals surface area contributed by atoms with Crippen molar-refractivity contribution < 1.29 is 36.3 Å². The molecular formula is C33H37ClF5N9O3. The first kappa shape index (κ1) is 38.7. The summed E-state index contributed by atoms with van der Waals surface area (Å²) in [5.74, 6) is -1.03. The highest BCUT2D eigenvalue weighted by atomic mass is 35.5. The minimum atomic E-state index is -3.18. The summed E-state index contributed by atoms with van der Waals surface area (Å²) in [6.07, 6.45) is 1.64. The molecule has 12 nitrogen and oxygen atoms in total. The van der Waals surface area contributed by atoms with Gasteiger partial charge in [0, 0.05) is 30.3 Å². The van der Waals surface area contributed by atoms with Gasteiger partial charge < -0.3 is 15.8 Å². The predicted octanol–water partition coefficient (Wildman–Crippen LogP) is 7.04. The molecule has 1 heterocycles. The fourth-order valence-corrected chi connectivity index (χ4v) is 4.93. The zero-order valence-electron chi connectivity index (χ0n) is 27.9. The number of guanidine groups is 1. The number of nitrogens with one attached hydrogen (secondary N) is 1. The van der Waals surface area contributed by atoms with Crippen molar-refractivity contribution in [3.05, 3.63) is 71.0 Å². The summed E-state index contributed by atoms with van der Waals surface area (Å²) in [6.45, 7) is 2.73. The summed E-state index contributed by atoms with van der Waals surface area (Å²) < 4.78 is 73.9. The Bertz CT molecular complexity index is 1750. The summed E-state index contributed by atoms with van der Waals surface area (Å²) in [7, 11) is 0. The molecule has 1 fully saturated rings. The van der Waals surface area contributed by atoms with Crippen LogP contribution in [0.3, 0.4) is 0 Å². The van der Waals surface area contributed by atoms with Crippen LogP contribution >= 0.6 is 11.6 Å². The van der Waals surface area contributed by atoms with E-state index in [1.807, 2.05) is 20.8 Å². The van der Waals surface area contributed by atoms with Gasteiger partial charge in [0.25, 0.3) is 5.91 Å². The highest BCUT2D eigenvalue weighted by Crippen LogP contribution is 2.35. The molecule has 274 valence electrons. The molecule has 1 saturated carbocycles. The first-order valence-corrected chi connectivity index (χ1v) is 16.0. The van der Waals surface area contributed by atoms with Gasteiger partial charge in [-0.25, -0.2) is 18.9 Å². The van der Waals surface area contributed by atoms with Crippen molar-refractivity contribution in [2.45, 2.75) is 65.0 Å². The van der Waals surface area contributed by atoms with Gasteiger partial charge in [-0.3, -0.25) is 19.7 Å². The highest BCUT2D eigenvalue weighted by molar-refractivity contribution is 6.33. The fraction of sp³-hybridized carbons (Fsp3) is 0.394. The topological polar surface area (TPSA) is 143 Å². The second-order valence-electron chi connectivity index (χ2n) is 12.7. The summed E-state index contributed by atoms with van der Waals surface area (Å²) in [4.78, 5) is 35.9. The molecule has 1 aliphatic rings. The maximum atomic E-state index is 14.4. The molecule has 0 saturated heterocycles. The van der Waals surface area contributed by atoms with Crippen molar-refractivity contribution in [3.8, 4) is 11.1 Å². The molecule has 18 heteroatoms. The normalized spacial score (nSPS) is 16.7. The van der Waals surface area contributed by atoms with Crippen LogP contribution < -0.4 is 16.1 Å². The minimum Gasteiger partial charge on any atom is -0.447 e. The lowest BCUT2D eigenvalue weighted by molar-refractivity contribution is 0.0566. The molecule has 0 bridgehead atoms. The van der Waals surface area contributed by atoms with E-state index >= 15 is 0 Å². The lowest BCUT2D eigenvalue weighted by Crippen LogP contribution is -2.46. The highest BCUT2D eigenvalue weighted by Gasteiger charge is 2.39. The predicted molar refractivity (Wildman–Crippen MR) is 184 cm³/mol. The van der Waals surface area contributed by atoms with Crippen LogP contribution in [-0.2, 0) is 4.74 Å². The average Bonchev–Trinajstić information content (AvgIpc) is 3.52. The summed E-state index contributed by atoms with van der Waals surface area (Å²) in [5.41, 5.74) is 7.08. The number of aromatic nitrogens is 2. The van der Waals surface area contributed by atoms with E-state index < -0.39 is 50.0 Å². The summed E-state index contributed by atoms with van der Waals surface area (Å²) >= 11 is 6.32. The van der Waals surface area contributed by atoms with E-state index in [4.69, 9.17) is 22.1 Å². The second-order valence-corrected chi connectivity index (χ2v) is 13.1. The number of rotatable bonds is 14. The van der Waals surface area contributed by atoms with E-state index in [9.17, 15) is 31.5 Å². The van der Waals surface area contributed by atoms with Gasteiger partial charge in [0.2, 0.25) is 0 Å². The maximum absolute atomic E-state index is 14.4. The molecule has 2 aromatic carbocycles. The molecule has 3 aromatic rings. The van der Waals surface area contributed by atoms with Crippen LogP contribution in [0.15, 0.2) is 69.9 Å². The van der Waals surface area contributed by atoms with Crippen molar-refractivity contribution in [2.75, 3.05) is 18.2 Å². The SMILES string of the molecule is C=N/C=N\N(c1cc([C@@H](COC(=O)N[C@H]2C[C@@H]2F)N(C(=O)c2ccc(-c3cnn(C(F)F)c3)cc2)C(N)=NCCC(C)(C)C)ccc1Cl)C(F)F. The fourth-order valence-electron chi connectivity index (χ4n) is 4.73. The number of benzene rings is 2. The molecule has 0 unspecified atom stereocenters. The first-order valence-electron chi connectivity index (χ1n) is 15.6. The Kier molecular flexibility index (Phi) is 12.7. The number of ether oxygens (including phenoxy) is 1. The van der Waals surface area contributed by atoms with Gasteiger partial charge in [0.15, 0.2) is 5.96 Å². The Labute approximate surface area is 295 Å². The monoisotopic (exact) mass is 737 g/mol. The average molecular weight is 738 g/mol. The molecule has 3 N–H and O–H groups in total. The molecule has 2 amide bonds. The van der Waals surface area contributed by atoms with E-state index in [2.05, 4.69) is 32.2 Å². The van der Waals surface area contributed by atoms with Crippen LogP contribution in [-0.4, -0.2) is 77.6 Å². The number of carbonyl (C=O) groups excluding carboxylic acids is 2. The summed E-state index contributed by atoms with van der Waals surface area (Å²) in [5, 5.41) is 9.75. The Morgan fingerprint density at radius 3 is 2.43 bits per heavy atom. The largest absolute Gasteiger partial charge is 0.447 e. The van der Waals surface area contributed by atoms with Crippen LogP contribution in [0, 0.1) is 5.41 Å². The van der Waals surface area contributed by atoms with Gasteiger partial charge in [-0.05, 0) is 53.9 Å². The molecule has 4 rings (SSSR count). The van der Waals surface area contributed by atoms with Crippen LogP contribution in [0.1, 0.15) is 62.1 Å². The molecule has 3 atom stereocenters. The number of hydrazone groups is 1. The molecule has 1 aliphatic carbocycles. The third-order valence-corrected chi connectivity index (χ3v) is 7.93. The van der Waals surface area contributed by atoms with Crippen LogP contribution in [0.5, 0.6) is 0 Å². The number of nitrogens with zero attached hydrogens (tertiary/aromatic N) is 7. The standard InChI is InChI=1S/C33H37ClF5N9O3/c1-33(2,3)11-12-42-31(40)47(28(49)20-7-5-19(6-8-20)22-15-43-46(16-22)29(36)37)27(17-51-32(50)45-25-14-24(25)35)21-9-10-23(34)26(13-21)48(30(38)39)44-18-41-4/h5-10,13,15-16,18,24-25,27,29-30H,4,11-12,14,17H2,1-3H3,(H2,40,42)(H,45,50)/b44-18-/t24-,25-,27+/m0/s1. The van der Waals surface area contributed by atoms with Gasteiger partial charge in [0.05, 0.1) is 29.0 Å². The quantitative estimate of drug-likeness (QED) is 0.0598. The number of alkyl carbamates (subject to hydrolysis) is 1. The number of alkyl halides is 5. The number of aliphatic imine (C=N–C) groups is 2. The van der Waals surface area contributed by atoms with Gasteiger partial charge >= 0.3 is 19.2 Å². The second kappa shape index (κ2) is 16.8. The first-order chi connectivity index (χ1) is 24.1. The summed E-state index contributed by atoms with van der Waals surface area (Å²) in [6, 6.07) is 7.76.